The second kappa shape index (κ2) is 5.93. The molecule has 0 radical (unpaired) electrons. The summed E-state index contributed by atoms with van der Waals surface area (Å²) in [5, 5.41) is 0. The standard InChI is InChI=1S/C14H13F2NOS/c1-18-10-3-2-4-11(8-10)19-13-6-5-9(17)7-12(13)14(15)16/h2-8,14H,17H2,1H3. The molecular formula is C14H13F2NOS. The minimum atomic E-state index is -2.54. The van der Waals surface area contributed by atoms with Crippen LogP contribution in [0.5, 0.6) is 5.75 Å². The van der Waals surface area contributed by atoms with E-state index >= 15 is 0 Å². The Kier molecular flexibility index (Phi) is 4.27. The number of rotatable bonds is 4. The van der Waals surface area contributed by atoms with Crippen LogP contribution in [0.1, 0.15) is 12.0 Å². The first-order chi connectivity index (χ1) is 9.10. The second-order valence-corrected chi connectivity index (χ2v) is 4.99. The second-order valence-electron chi connectivity index (χ2n) is 3.88. The molecular weight excluding hydrogens is 268 g/mol. The molecule has 0 bridgehead atoms. The zero-order valence-electron chi connectivity index (χ0n) is 10.3. The van der Waals surface area contributed by atoms with E-state index in [1.165, 1.54) is 17.8 Å². The van der Waals surface area contributed by atoms with Gasteiger partial charge in [-0.1, -0.05) is 17.8 Å². The van der Waals surface area contributed by atoms with Gasteiger partial charge in [0.25, 0.3) is 6.43 Å². The van der Waals surface area contributed by atoms with Crippen molar-refractivity contribution in [2.75, 3.05) is 12.8 Å². The van der Waals surface area contributed by atoms with Crippen LogP contribution in [0.4, 0.5) is 14.5 Å². The van der Waals surface area contributed by atoms with E-state index in [4.69, 9.17) is 10.5 Å². The molecule has 0 aliphatic carbocycles. The number of nitrogens with two attached hydrogens (primary N) is 1. The fourth-order valence-corrected chi connectivity index (χ4v) is 2.60. The Bertz CT molecular complexity index is 575. The summed E-state index contributed by atoms with van der Waals surface area (Å²) in [5.74, 6) is 0.694. The minimum Gasteiger partial charge on any atom is -0.497 e. The molecule has 2 aromatic carbocycles. The summed E-state index contributed by atoms with van der Waals surface area (Å²) in [6.07, 6.45) is -2.54. The summed E-state index contributed by atoms with van der Waals surface area (Å²) >= 11 is 1.27. The van der Waals surface area contributed by atoms with Crippen molar-refractivity contribution in [1.82, 2.24) is 0 Å². The van der Waals surface area contributed by atoms with E-state index in [9.17, 15) is 8.78 Å². The highest BCUT2D eigenvalue weighted by molar-refractivity contribution is 7.99. The molecule has 0 amide bonds. The SMILES string of the molecule is COc1cccc(Sc2ccc(N)cc2C(F)F)c1. The first-order valence-electron chi connectivity index (χ1n) is 5.59. The summed E-state index contributed by atoms with van der Waals surface area (Å²) in [6, 6.07) is 11.8. The van der Waals surface area contributed by atoms with Crippen LogP contribution < -0.4 is 10.5 Å². The molecule has 2 aromatic rings. The lowest BCUT2D eigenvalue weighted by atomic mass is 10.2. The van der Waals surface area contributed by atoms with Gasteiger partial charge in [-0.3, -0.25) is 0 Å². The van der Waals surface area contributed by atoms with Crippen LogP contribution in [-0.4, -0.2) is 7.11 Å². The number of alkyl halides is 2. The van der Waals surface area contributed by atoms with Gasteiger partial charge in [0.15, 0.2) is 0 Å². The molecule has 2 nitrogen and oxygen atoms in total. The number of benzene rings is 2. The summed E-state index contributed by atoms with van der Waals surface area (Å²) in [4.78, 5) is 1.34. The third-order valence-electron chi connectivity index (χ3n) is 2.54. The Balaban J connectivity index is 2.32. The maximum Gasteiger partial charge on any atom is 0.265 e. The zero-order valence-corrected chi connectivity index (χ0v) is 11.1. The van der Waals surface area contributed by atoms with Crippen LogP contribution in [0.2, 0.25) is 0 Å². The third kappa shape index (κ3) is 3.38. The lowest BCUT2D eigenvalue weighted by Crippen LogP contribution is -1.92. The van der Waals surface area contributed by atoms with Crippen LogP contribution in [0.25, 0.3) is 0 Å². The third-order valence-corrected chi connectivity index (χ3v) is 3.62. The lowest BCUT2D eigenvalue weighted by molar-refractivity contribution is 0.148. The summed E-state index contributed by atoms with van der Waals surface area (Å²) < 4.78 is 31.0. The molecule has 0 saturated heterocycles. The molecule has 2 rings (SSSR count). The largest absolute Gasteiger partial charge is 0.497 e. The fourth-order valence-electron chi connectivity index (χ4n) is 1.62. The van der Waals surface area contributed by atoms with Crippen LogP contribution in [-0.2, 0) is 0 Å². The van der Waals surface area contributed by atoms with Crippen molar-refractivity contribution in [3.8, 4) is 5.75 Å². The molecule has 0 heterocycles. The zero-order chi connectivity index (χ0) is 13.8. The molecule has 0 aromatic heterocycles. The van der Waals surface area contributed by atoms with Gasteiger partial charge in [0.2, 0.25) is 0 Å². The van der Waals surface area contributed by atoms with Crippen LogP contribution >= 0.6 is 11.8 Å². The Hall–Kier alpha value is -1.75. The maximum absolute atomic E-state index is 13.0. The van der Waals surface area contributed by atoms with Crippen molar-refractivity contribution in [2.45, 2.75) is 16.2 Å². The van der Waals surface area contributed by atoms with Gasteiger partial charge < -0.3 is 10.5 Å². The molecule has 5 heteroatoms. The highest BCUT2D eigenvalue weighted by Crippen LogP contribution is 2.37. The van der Waals surface area contributed by atoms with E-state index in [0.29, 0.717) is 16.3 Å². The molecule has 0 fully saturated rings. The first kappa shape index (κ1) is 13.7. The van der Waals surface area contributed by atoms with E-state index < -0.39 is 6.43 Å². The van der Waals surface area contributed by atoms with Gasteiger partial charge in [-0.05, 0) is 36.4 Å². The van der Waals surface area contributed by atoms with Crippen LogP contribution in [0.15, 0.2) is 52.3 Å². The topological polar surface area (TPSA) is 35.2 Å². The van der Waals surface area contributed by atoms with Crippen molar-refractivity contribution in [2.24, 2.45) is 0 Å². The Morgan fingerprint density at radius 1 is 1.16 bits per heavy atom. The summed E-state index contributed by atoms with van der Waals surface area (Å²) in [6.45, 7) is 0. The van der Waals surface area contributed by atoms with Crippen molar-refractivity contribution in [3.05, 3.63) is 48.0 Å². The Morgan fingerprint density at radius 2 is 1.95 bits per heavy atom. The number of ether oxygens (including phenoxy) is 1. The van der Waals surface area contributed by atoms with Crippen molar-refractivity contribution in [1.29, 1.82) is 0 Å². The van der Waals surface area contributed by atoms with Gasteiger partial charge in [0.05, 0.1) is 7.11 Å². The molecule has 0 atom stereocenters. The van der Waals surface area contributed by atoms with Gasteiger partial charge in [-0.25, -0.2) is 8.78 Å². The number of hydrogen-bond acceptors (Lipinski definition) is 3. The molecule has 0 aliphatic rings. The molecule has 0 unspecified atom stereocenters. The van der Waals surface area contributed by atoms with E-state index in [0.717, 1.165) is 4.90 Å². The predicted molar refractivity (Wildman–Crippen MR) is 72.9 cm³/mol. The monoisotopic (exact) mass is 281 g/mol. The Labute approximate surface area is 114 Å². The number of halogens is 2. The number of anilines is 1. The fraction of sp³-hybridized carbons (Fsp3) is 0.143. The van der Waals surface area contributed by atoms with Gasteiger partial charge in [0.1, 0.15) is 5.75 Å². The van der Waals surface area contributed by atoms with Gasteiger partial charge in [0, 0.05) is 21.0 Å². The van der Waals surface area contributed by atoms with Gasteiger partial charge in [-0.2, -0.15) is 0 Å². The molecule has 0 saturated carbocycles. The number of nitrogen functional groups attached to an aromatic ring is 1. The summed E-state index contributed by atoms with van der Waals surface area (Å²) in [7, 11) is 1.57. The van der Waals surface area contributed by atoms with Crippen molar-refractivity contribution < 1.29 is 13.5 Å². The maximum atomic E-state index is 13.0. The van der Waals surface area contributed by atoms with E-state index in [1.807, 2.05) is 12.1 Å². The highest BCUT2D eigenvalue weighted by atomic mass is 32.2. The van der Waals surface area contributed by atoms with Crippen molar-refractivity contribution >= 4 is 17.4 Å². The van der Waals surface area contributed by atoms with Gasteiger partial charge >= 0.3 is 0 Å². The Morgan fingerprint density at radius 3 is 2.63 bits per heavy atom. The quantitative estimate of drug-likeness (QED) is 0.845. The highest BCUT2D eigenvalue weighted by Gasteiger charge is 2.14. The van der Waals surface area contributed by atoms with E-state index in [2.05, 4.69) is 0 Å². The molecule has 100 valence electrons. The molecule has 19 heavy (non-hydrogen) atoms. The number of hydrogen-bond donors (Lipinski definition) is 1. The van der Waals surface area contributed by atoms with Crippen molar-refractivity contribution in [3.63, 3.8) is 0 Å². The van der Waals surface area contributed by atoms with Crippen LogP contribution in [0, 0.1) is 0 Å². The normalized spacial score (nSPS) is 10.7. The van der Waals surface area contributed by atoms with E-state index in [-0.39, 0.29) is 5.56 Å². The first-order valence-corrected chi connectivity index (χ1v) is 6.41. The molecule has 0 spiro atoms. The van der Waals surface area contributed by atoms with Crippen LogP contribution in [0.3, 0.4) is 0 Å². The van der Waals surface area contributed by atoms with E-state index in [1.54, 1.807) is 31.4 Å². The smallest absolute Gasteiger partial charge is 0.265 e. The average molecular weight is 281 g/mol. The van der Waals surface area contributed by atoms with Gasteiger partial charge in [-0.15, -0.1) is 0 Å². The molecule has 2 N–H and O–H groups in total. The summed E-state index contributed by atoms with van der Waals surface area (Å²) in [5.41, 5.74) is 5.83. The lowest BCUT2D eigenvalue weighted by Gasteiger charge is -2.10. The minimum absolute atomic E-state index is 0.0483. The predicted octanol–water partition coefficient (Wildman–Crippen LogP) is 4.37. The average Bonchev–Trinajstić information content (AvgIpc) is 2.41. The number of methoxy groups -OCH3 is 1. The molecule has 0 aliphatic heterocycles.